The smallest absolute Gasteiger partial charge is 0.256 e. The van der Waals surface area contributed by atoms with Crippen LogP contribution in [-0.4, -0.2) is 66.2 Å². The zero-order valence-corrected chi connectivity index (χ0v) is 17.5. The number of aliphatic hydroxyl groups is 1. The summed E-state index contributed by atoms with van der Waals surface area (Å²) in [5.41, 5.74) is 1.06. The molecule has 0 radical (unpaired) electrons. The van der Waals surface area contributed by atoms with Crippen molar-refractivity contribution in [3.05, 3.63) is 77.1 Å². The first-order valence-electron chi connectivity index (χ1n) is 9.94. The van der Waals surface area contributed by atoms with E-state index in [2.05, 4.69) is 11.5 Å². The van der Waals surface area contributed by atoms with Gasteiger partial charge < -0.3 is 14.7 Å². The number of rotatable bonds is 8. The highest BCUT2D eigenvalue weighted by atomic mass is 35.5. The summed E-state index contributed by atoms with van der Waals surface area (Å²) in [5, 5.41) is 10.6. The highest BCUT2D eigenvalue weighted by Crippen LogP contribution is 2.20. The standard InChI is InChI=1S/C23H26ClFN2O3/c1-2-5-17-6-3-4-7-22(17)30-16-19(28)15-26-10-12-27(13-11-26)23(29)20-9-8-18(24)14-21(20)25/h2-4,6-9,14,19,28H,1,5,10-13,15-16H2. The molecule has 3 rings (SSSR count). The number of piperazine rings is 1. The number of para-hydroxylation sites is 1. The van der Waals surface area contributed by atoms with Crippen LogP contribution in [0.25, 0.3) is 0 Å². The van der Waals surface area contributed by atoms with Crippen molar-refractivity contribution in [1.82, 2.24) is 9.80 Å². The Balaban J connectivity index is 1.46. The Labute approximate surface area is 181 Å². The van der Waals surface area contributed by atoms with Gasteiger partial charge in [0.25, 0.3) is 5.91 Å². The molecule has 1 saturated heterocycles. The minimum atomic E-state index is -0.655. The molecule has 5 nitrogen and oxygen atoms in total. The fourth-order valence-corrected chi connectivity index (χ4v) is 3.63. The number of halogens is 2. The quantitative estimate of drug-likeness (QED) is 0.649. The summed E-state index contributed by atoms with van der Waals surface area (Å²) in [6.07, 6.45) is 1.86. The number of hydrogen-bond donors (Lipinski definition) is 1. The Morgan fingerprint density at radius 2 is 1.97 bits per heavy atom. The van der Waals surface area contributed by atoms with Crippen molar-refractivity contribution in [2.24, 2.45) is 0 Å². The molecule has 1 amide bonds. The molecule has 1 N–H and O–H groups in total. The van der Waals surface area contributed by atoms with Gasteiger partial charge in [-0.05, 0) is 36.2 Å². The molecule has 0 aromatic heterocycles. The van der Waals surface area contributed by atoms with E-state index in [1.54, 1.807) is 4.90 Å². The van der Waals surface area contributed by atoms with Gasteiger partial charge in [-0.25, -0.2) is 4.39 Å². The van der Waals surface area contributed by atoms with Crippen LogP contribution in [0.2, 0.25) is 5.02 Å². The number of carbonyl (C=O) groups excluding carboxylic acids is 1. The largest absolute Gasteiger partial charge is 0.491 e. The van der Waals surface area contributed by atoms with Gasteiger partial charge in [-0.15, -0.1) is 6.58 Å². The Morgan fingerprint density at radius 3 is 2.67 bits per heavy atom. The third kappa shape index (κ3) is 5.81. The fraction of sp³-hybridized carbons (Fsp3) is 0.348. The Kier molecular flexibility index (Phi) is 7.85. The van der Waals surface area contributed by atoms with Gasteiger partial charge in [-0.1, -0.05) is 35.9 Å². The Bertz CT molecular complexity index is 885. The number of ether oxygens (including phenoxy) is 1. The lowest BCUT2D eigenvalue weighted by atomic mass is 10.1. The predicted molar refractivity (Wildman–Crippen MR) is 116 cm³/mol. The molecular weight excluding hydrogens is 407 g/mol. The van der Waals surface area contributed by atoms with Gasteiger partial charge in [0, 0.05) is 37.7 Å². The molecular formula is C23H26ClFN2O3. The summed E-state index contributed by atoms with van der Waals surface area (Å²) in [4.78, 5) is 16.3. The minimum absolute atomic E-state index is 0.0273. The maximum atomic E-state index is 14.0. The van der Waals surface area contributed by atoms with Gasteiger partial charge in [0.15, 0.2) is 0 Å². The molecule has 0 spiro atoms. The second kappa shape index (κ2) is 10.6. The van der Waals surface area contributed by atoms with Crippen LogP contribution in [0.1, 0.15) is 15.9 Å². The van der Waals surface area contributed by atoms with Gasteiger partial charge in [0.05, 0.1) is 5.56 Å². The Morgan fingerprint density at radius 1 is 1.23 bits per heavy atom. The van der Waals surface area contributed by atoms with Crippen molar-refractivity contribution in [2.45, 2.75) is 12.5 Å². The molecule has 1 heterocycles. The fourth-order valence-electron chi connectivity index (χ4n) is 3.47. The van der Waals surface area contributed by atoms with Crippen molar-refractivity contribution < 1.29 is 19.0 Å². The molecule has 7 heteroatoms. The van der Waals surface area contributed by atoms with Gasteiger partial charge >= 0.3 is 0 Å². The third-order valence-corrected chi connectivity index (χ3v) is 5.29. The van der Waals surface area contributed by atoms with Gasteiger partial charge in [-0.2, -0.15) is 0 Å². The molecule has 1 unspecified atom stereocenters. The van der Waals surface area contributed by atoms with E-state index in [0.717, 1.165) is 17.4 Å². The molecule has 160 valence electrons. The zero-order chi connectivity index (χ0) is 21.5. The first-order valence-corrected chi connectivity index (χ1v) is 10.3. The molecule has 1 aliphatic rings. The predicted octanol–water partition coefficient (Wildman–Crippen LogP) is 3.41. The lowest BCUT2D eigenvalue weighted by Gasteiger charge is -2.35. The number of aliphatic hydroxyl groups excluding tert-OH is 1. The number of carbonyl (C=O) groups is 1. The lowest BCUT2D eigenvalue weighted by Crippen LogP contribution is -2.51. The summed E-state index contributed by atoms with van der Waals surface area (Å²) in [6, 6.07) is 11.8. The van der Waals surface area contributed by atoms with E-state index >= 15 is 0 Å². The number of β-amino-alcohol motifs (C(OH)–C–C–N with tert-alkyl or cyclic N) is 1. The maximum Gasteiger partial charge on any atom is 0.256 e. The topological polar surface area (TPSA) is 53.0 Å². The normalized spacial score (nSPS) is 15.6. The van der Waals surface area contributed by atoms with Crippen molar-refractivity contribution in [3.63, 3.8) is 0 Å². The van der Waals surface area contributed by atoms with E-state index in [1.165, 1.54) is 12.1 Å². The molecule has 0 bridgehead atoms. The van der Waals surface area contributed by atoms with Gasteiger partial charge in [-0.3, -0.25) is 9.69 Å². The highest BCUT2D eigenvalue weighted by molar-refractivity contribution is 6.30. The SMILES string of the molecule is C=CCc1ccccc1OCC(O)CN1CCN(C(=O)c2ccc(Cl)cc2F)CC1. The number of hydrogen-bond acceptors (Lipinski definition) is 4. The maximum absolute atomic E-state index is 14.0. The second-order valence-corrected chi connectivity index (χ2v) is 7.72. The highest BCUT2D eigenvalue weighted by Gasteiger charge is 2.25. The summed E-state index contributed by atoms with van der Waals surface area (Å²) in [6.45, 7) is 6.52. The van der Waals surface area contributed by atoms with E-state index in [0.29, 0.717) is 39.1 Å². The van der Waals surface area contributed by atoms with E-state index < -0.39 is 11.9 Å². The molecule has 2 aromatic carbocycles. The molecule has 2 aromatic rings. The summed E-state index contributed by atoms with van der Waals surface area (Å²) >= 11 is 5.75. The molecule has 0 saturated carbocycles. The first kappa shape index (κ1) is 22.3. The van der Waals surface area contributed by atoms with Gasteiger partial charge in [0.1, 0.15) is 24.3 Å². The second-order valence-electron chi connectivity index (χ2n) is 7.28. The van der Waals surface area contributed by atoms with Crippen molar-refractivity contribution >= 4 is 17.5 Å². The average Bonchev–Trinajstić information content (AvgIpc) is 2.73. The van der Waals surface area contributed by atoms with E-state index in [4.69, 9.17) is 16.3 Å². The molecule has 1 atom stereocenters. The van der Waals surface area contributed by atoms with E-state index in [1.807, 2.05) is 30.3 Å². The summed E-state index contributed by atoms with van der Waals surface area (Å²) in [7, 11) is 0. The molecule has 1 aliphatic heterocycles. The van der Waals surface area contributed by atoms with Crippen molar-refractivity contribution in [3.8, 4) is 5.75 Å². The van der Waals surface area contributed by atoms with Crippen molar-refractivity contribution in [2.75, 3.05) is 39.3 Å². The number of benzene rings is 2. The van der Waals surface area contributed by atoms with Crippen LogP contribution in [0.3, 0.4) is 0 Å². The summed E-state index contributed by atoms with van der Waals surface area (Å²) < 4.78 is 19.8. The number of nitrogens with zero attached hydrogens (tertiary/aromatic N) is 2. The van der Waals surface area contributed by atoms with Crippen LogP contribution in [0, 0.1) is 5.82 Å². The summed E-state index contributed by atoms with van der Waals surface area (Å²) in [5.74, 6) is -0.206. The number of allylic oxidation sites excluding steroid dienone is 1. The third-order valence-electron chi connectivity index (χ3n) is 5.06. The first-order chi connectivity index (χ1) is 14.5. The van der Waals surface area contributed by atoms with Crippen LogP contribution in [0.5, 0.6) is 5.75 Å². The molecule has 30 heavy (non-hydrogen) atoms. The lowest BCUT2D eigenvalue weighted by molar-refractivity contribution is 0.0400. The van der Waals surface area contributed by atoms with Gasteiger partial charge in [0.2, 0.25) is 0 Å². The average molecular weight is 433 g/mol. The van der Waals surface area contributed by atoms with Crippen LogP contribution in [-0.2, 0) is 6.42 Å². The monoisotopic (exact) mass is 432 g/mol. The molecule has 1 fully saturated rings. The number of amides is 1. The van der Waals surface area contributed by atoms with Crippen LogP contribution >= 0.6 is 11.6 Å². The van der Waals surface area contributed by atoms with Crippen molar-refractivity contribution in [1.29, 1.82) is 0 Å². The minimum Gasteiger partial charge on any atom is -0.491 e. The zero-order valence-electron chi connectivity index (χ0n) is 16.8. The van der Waals surface area contributed by atoms with E-state index in [9.17, 15) is 14.3 Å². The molecule has 0 aliphatic carbocycles. The Hall–Kier alpha value is -2.41. The van der Waals surface area contributed by atoms with Crippen LogP contribution in [0.15, 0.2) is 55.1 Å². The van der Waals surface area contributed by atoms with Crippen LogP contribution in [0.4, 0.5) is 4.39 Å². The van der Waals surface area contributed by atoms with Crippen LogP contribution < -0.4 is 4.74 Å². The van der Waals surface area contributed by atoms with E-state index in [-0.39, 0.29) is 23.1 Å².